The molecule has 5 nitrogen and oxygen atoms in total. The summed E-state index contributed by atoms with van der Waals surface area (Å²) in [7, 11) is 1.55. The number of aliphatic imine (C=N–C) groups is 1. The number of nitrogens with zero attached hydrogens (tertiary/aromatic N) is 1. The maximum absolute atomic E-state index is 9.55. The summed E-state index contributed by atoms with van der Waals surface area (Å²) in [5, 5.41) is 16.0. The number of nitrogens with one attached hydrogen (secondary N) is 2. The maximum atomic E-state index is 9.55. The lowest BCUT2D eigenvalue weighted by Gasteiger charge is -2.11. The Morgan fingerprint density at radius 3 is 2.75 bits per heavy atom. The van der Waals surface area contributed by atoms with Gasteiger partial charge in [0.15, 0.2) is 17.5 Å². The van der Waals surface area contributed by atoms with E-state index in [9.17, 15) is 5.11 Å². The highest BCUT2D eigenvalue weighted by molar-refractivity contribution is 5.79. The fourth-order valence-electron chi connectivity index (χ4n) is 1.77. The van der Waals surface area contributed by atoms with E-state index in [-0.39, 0.29) is 5.75 Å². The van der Waals surface area contributed by atoms with Gasteiger partial charge in [0.05, 0.1) is 7.11 Å². The van der Waals surface area contributed by atoms with Crippen LogP contribution in [-0.2, 0) is 6.42 Å². The van der Waals surface area contributed by atoms with Crippen molar-refractivity contribution in [2.45, 2.75) is 26.7 Å². The van der Waals surface area contributed by atoms with Crippen LogP contribution in [0.1, 0.15) is 25.8 Å². The van der Waals surface area contributed by atoms with Crippen molar-refractivity contribution in [1.82, 2.24) is 10.6 Å². The fraction of sp³-hybridized carbons (Fsp3) is 0.533. The van der Waals surface area contributed by atoms with Gasteiger partial charge in [-0.05, 0) is 37.5 Å². The number of ether oxygens (including phenoxy) is 1. The monoisotopic (exact) mass is 279 g/mol. The molecule has 0 bridgehead atoms. The number of benzene rings is 1. The van der Waals surface area contributed by atoms with Crippen molar-refractivity contribution in [3.8, 4) is 11.5 Å². The predicted molar refractivity (Wildman–Crippen MR) is 82.6 cm³/mol. The summed E-state index contributed by atoms with van der Waals surface area (Å²) in [5.41, 5.74) is 1.11. The molecule has 0 heterocycles. The van der Waals surface area contributed by atoms with E-state index in [2.05, 4.69) is 22.5 Å². The van der Waals surface area contributed by atoms with Gasteiger partial charge in [-0.2, -0.15) is 0 Å². The first-order valence-electron chi connectivity index (χ1n) is 7.09. The zero-order valence-corrected chi connectivity index (χ0v) is 12.6. The van der Waals surface area contributed by atoms with Crippen molar-refractivity contribution in [2.24, 2.45) is 4.99 Å². The Morgan fingerprint density at radius 1 is 1.30 bits per heavy atom. The molecule has 0 fully saturated rings. The molecule has 0 aliphatic rings. The number of guanidine groups is 1. The molecule has 5 heteroatoms. The minimum Gasteiger partial charge on any atom is -0.504 e. The van der Waals surface area contributed by atoms with E-state index in [0.717, 1.165) is 44.0 Å². The molecule has 3 N–H and O–H groups in total. The quantitative estimate of drug-likeness (QED) is 0.527. The Hall–Kier alpha value is -1.91. The third-order valence-electron chi connectivity index (χ3n) is 2.79. The molecule has 1 rings (SSSR count). The lowest BCUT2D eigenvalue weighted by atomic mass is 10.1. The molecule has 0 unspecified atom stereocenters. The van der Waals surface area contributed by atoms with Crippen LogP contribution in [0.4, 0.5) is 0 Å². The number of phenolic OH excluding ortho intramolecular Hbond substituents is 1. The fourth-order valence-corrected chi connectivity index (χ4v) is 1.77. The van der Waals surface area contributed by atoms with Gasteiger partial charge in [0.25, 0.3) is 0 Å². The highest BCUT2D eigenvalue weighted by atomic mass is 16.5. The molecule has 0 saturated heterocycles. The second-order valence-corrected chi connectivity index (χ2v) is 4.44. The maximum Gasteiger partial charge on any atom is 0.191 e. The second kappa shape index (κ2) is 9.07. The van der Waals surface area contributed by atoms with E-state index < -0.39 is 0 Å². The van der Waals surface area contributed by atoms with Gasteiger partial charge in [-0.3, -0.25) is 4.99 Å². The van der Waals surface area contributed by atoms with Crippen LogP contribution in [0.25, 0.3) is 0 Å². The van der Waals surface area contributed by atoms with Crippen LogP contribution in [0.15, 0.2) is 23.2 Å². The van der Waals surface area contributed by atoms with Gasteiger partial charge in [0, 0.05) is 19.6 Å². The zero-order valence-electron chi connectivity index (χ0n) is 12.6. The van der Waals surface area contributed by atoms with Crippen LogP contribution in [0, 0.1) is 0 Å². The third-order valence-corrected chi connectivity index (χ3v) is 2.79. The smallest absolute Gasteiger partial charge is 0.191 e. The van der Waals surface area contributed by atoms with Gasteiger partial charge in [0.2, 0.25) is 0 Å². The molecule has 0 atom stereocenters. The SMILES string of the molecule is CCCN=C(NCC)NCCc1ccc(O)c(OC)c1. The van der Waals surface area contributed by atoms with Crippen molar-refractivity contribution in [1.29, 1.82) is 0 Å². The summed E-state index contributed by atoms with van der Waals surface area (Å²) < 4.78 is 5.10. The largest absolute Gasteiger partial charge is 0.504 e. The summed E-state index contributed by atoms with van der Waals surface area (Å²) in [6, 6.07) is 5.41. The van der Waals surface area contributed by atoms with Gasteiger partial charge in [0.1, 0.15) is 0 Å². The van der Waals surface area contributed by atoms with Gasteiger partial charge >= 0.3 is 0 Å². The number of methoxy groups -OCH3 is 1. The van der Waals surface area contributed by atoms with Crippen LogP contribution in [0.3, 0.4) is 0 Å². The Balaban J connectivity index is 2.49. The topological polar surface area (TPSA) is 65.9 Å². The molecule has 0 aliphatic heterocycles. The minimum atomic E-state index is 0.169. The molecule has 0 saturated carbocycles. The van der Waals surface area contributed by atoms with Crippen molar-refractivity contribution in [2.75, 3.05) is 26.7 Å². The first-order valence-corrected chi connectivity index (χ1v) is 7.09. The molecule has 0 aromatic heterocycles. The lowest BCUT2D eigenvalue weighted by molar-refractivity contribution is 0.373. The van der Waals surface area contributed by atoms with Crippen LogP contribution < -0.4 is 15.4 Å². The molecule has 0 aliphatic carbocycles. The number of hydrogen-bond donors (Lipinski definition) is 3. The van der Waals surface area contributed by atoms with E-state index in [1.54, 1.807) is 13.2 Å². The van der Waals surface area contributed by atoms with Crippen molar-refractivity contribution < 1.29 is 9.84 Å². The van der Waals surface area contributed by atoms with Crippen molar-refractivity contribution >= 4 is 5.96 Å². The van der Waals surface area contributed by atoms with E-state index in [4.69, 9.17) is 4.74 Å². The number of rotatable bonds is 7. The molecule has 20 heavy (non-hydrogen) atoms. The summed E-state index contributed by atoms with van der Waals surface area (Å²) >= 11 is 0. The molecular formula is C15H25N3O2. The number of hydrogen-bond acceptors (Lipinski definition) is 3. The summed E-state index contributed by atoms with van der Waals surface area (Å²) in [6.45, 7) is 6.61. The third kappa shape index (κ3) is 5.38. The molecule has 1 aromatic carbocycles. The van der Waals surface area contributed by atoms with E-state index in [1.165, 1.54) is 0 Å². The Kier molecular flexibility index (Phi) is 7.32. The van der Waals surface area contributed by atoms with Gasteiger partial charge in [-0.25, -0.2) is 0 Å². The highest BCUT2D eigenvalue weighted by Crippen LogP contribution is 2.26. The number of phenols is 1. The summed E-state index contributed by atoms with van der Waals surface area (Å²) in [4.78, 5) is 4.44. The molecule has 0 spiro atoms. The van der Waals surface area contributed by atoms with Crippen LogP contribution >= 0.6 is 0 Å². The highest BCUT2D eigenvalue weighted by Gasteiger charge is 2.03. The van der Waals surface area contributed by atoms with Gasteiger partial charge in [-0.15, -0.1) is 0 Å². The second-order valence-electron chi connectivity index (χ2n) is 4.44. The first-order chi connectivity index (χ1) is 9.71. The molecule has 1 aromatic rings. The van der Waals surface area contributed by atoms with Crippen molar-refractivity contribution in [3.63, 3.8) is 0 Å². The Labute approximate surface area is 121 Å². The molecule has 0 amide bonds. The standard InChI is InChI=1S/C15H25N3O2/c1-4-9-17-15(16-5-2)18-10-8-12-6-7-13(19)14(11-12)20-3/h6-7,11,19H,4-5,8-10H2,1-3H3,(H2,16,17,18). The van der Waals surface area contributed by atoms with E-state index in [0.29, 0.717) is 5.75 Å². The lowest BCUT2D eigenvalue weighted by Crippen LogP contribution is -2.38. The molecule has 0 radical (unpaired) electrons. The first kappa shape index (κ1) is 16.1. The van der Waals surface area contributed by atoms with Gasteiger partial charge in [-0.1, -0.05) is 13.0 Å². The summed E-state index contributed by atoms with van der Waals surface area (Å²) in [6.07, 6.45) is 1.87. The molecular weight excluding hydrogens is 254 g/mol. The van der Waals surface area contributed by atoms with E-state index >= 15 is 0 Å². The minimum absolute atomic E-state index is 0.169. The Morgan fingerprint density at radius 2 is 2.10 bits per heavy atom. The average molecular weight is 279 g/mol. The average Bonchev–Trinajstić information content (AvgIpc) is 2.46. The zero-order chi connectivity index (χ0) is 14.8. The van der Waals surface area contributed by atoms with Gasteiger partial charge < -0.3 is 20.5 Å². The van der Waals surface area contributed by atoms with Crippen molar-refractivity contribution in [3.05, 3.63) is 23.8 Å². The Bertz CT molecular complexity index is 433. The van der Waals surface area contributed by atoms with Crippen LogP contribution in [0.5, 0.6) is 11.5 Å². The van der Waals surface area contributed by atoms with E-state index in [1.807, 2.05) is 19.1 Å². The number of aromatic hydroxyl groups is 1. The molecule has 112 valence electrons. The van der Waals surface area contributed by atoms with Crippen LogP contribution in [-0.4, -0.2) is 37.8 Å². The summed E-state index contributed by atoms with van der Waals surface area (Å²) in [5.74, 6) is 1.52. The van der Waals surface area contributed by atoms with Crippen LogP contribution in [0.2, 0.25) is 0 Å². The predicted octanol–water partition coefficient (Wildman–Crippen LogP) is 1.91. The normalized spacial score (nSPS) is 11.2.